The maximum absolute atomic E-state index is 2.38. The Bertz CT molecular complexity index is 369. The quantitative estimate of drug-likeness (QED) is 0.474. The molecule has 2 aliphatic carbocycles. The van der Waals surface area contributed by atoms with Crippen LogP contribution >= 0.6 is 0 Å². The molecule has 0 aromatic carbocycles. The summed E-state index contributed by atoms with van der Waals surface area (Å²) in [7, 11) is 0. The fourth-order valence-electron chi connectivity index (χ4n) is 5.59. The zero-order chi connectivity index (χ0) is 19.2. The van der Waals surface area contributed by atoms with Crippen molar-refractivity contribution < 1.29 is 0 Å². The van der Waals surface area contributed by atoms with Gasteiger partial charge in [-0.3, -0.25) is 0 Å². The first-order valence-electron chi connectivity index (χ1n) is 10.3. The van der Waals surface area contributed by atoms with E-state index in [1.54, 1.807) is 0 Å². The Morgan fingerprint density at radius 2 is 0.792 bits per heavy atom. The van der Waals surface area contributed by atoms with Crippen molar-refractivity contribution in [2.45, 2.75) is 122 Å². The van der Waals surface area contributed by atoms with Gasteiger partial charge in [0.25, 0.3) is 0 Å². The zero-order valence-corrected chi connectivity index (χ0v) is 19.2. The maximum Gasteiger partial charge on any atom is -0.0200 e. The lowest BCUT2D eigenvalue weighted by molar-refractivity contribution is 0.0745. The summed E-state index contributed by atoms with van der Waals surface area (Å²) in [4.78, 5) is 0. The summed E-state index contributed by atoms with van der Waals surface area (Å²) in [6, 6.07) is 0. The molecule has 0 unspecified atom stereocenters. The molecule has 0 aromatic rings. The van der Waals surface area contributed by atoms with Gasteiger partial charge < -0.3 is 0 Å². The molecule has 24 heavy (non-hydrogen) atoms. The van der Waals surface area contributed by atoms with Gasteiger partial charge in [0, 0.05) is 0 Å². The lowest BCUT2D eigenvalue weighted by Gasteiger charge is -2.41. The maximum atomic E-state index is 2.38. The molecule has 0 atom stereocenters. The zero-order valence-electron chi connectivity index (χ0n) is 19.2. The summed E-state index contributed by atoms with van der Waals surface area (Å²) in [6.07, 6.45) is 8.64. The Labute approximate surface area is 154 Å². The van der Waals surface area contributed by atoms with Gasteiger partial charge in [0.1, 0.15) is 0 Å². The molecule has 2 saturated carbocycles. The van der Waals surface area contributed by atoms with Gasteiger partial charge >= 0.3 is 0 Å². The van der Waals surface area contributed by atoms with Crippen LogP contribution in [0.15, 0.2) is 0 Å². The van der Waals surface area contributed by atoms with E-state index < -0.39 is 0 Å². The Kier molecular flexibility index (Phi) is 5.80. The monoisotopic (exact) mass is 336 g/mol. The van der Waals surface area contributed by atoms with E-state index in [2.05, 4.69) is 83.1 Å². The highest BCUT2D eigenvalue weighted by atomic mass is 14.6. The minimum absolute atomic E-state index is 0.491. The first kappa shape index (κ1) is 22.0. The van der Waals surface area contributed by atoms with Crippen molar-refractivity contribution in [3.63, 3.8) is 0 Å². The molecule has 0 N–H and O–H groups in total. The van der Waals surface area contributed by atoms with Crippen LogP contribution in [0.3, 0.4) is 0 Å². The van der Waals surface area contributed by atoms with E-state index in [0.717, 1.165) is 5.41 Å². The van der Waals surface area contributed by atoms with Crippen LogP contribution in [0.5, 0.6) is 0 Å². The van der Waals surface area contributed by atoms with Crippen molar-refractivity contribution in [2.24, 2.45) is 32.5 Å². The molecule has 0 heterocycles. The van der Waals surface area contributed by atoms with Crippen LogP contribution in [0.25, 0.3) is 0 Å². The first-order valence-corrected chi connectivity index (χ1v) is 10.3. The molecule has 0 amide bonds. The van der Waals surface area contributed by atoms with Gasteiger partial charge in [0.05, 0.1) is 0 Å². The predicted molar refractivity (Wildman–Crippen MR) is 110 cm³/mol. The van der Waals surface area contributed by atoms with Gasteiger partial charge in [-0.05, 0) is 71.0 Å². The van der Waals surface area contributed by atoms with Crippen molar-refractivity contribution >= 4 is 0 Å². The Morgan fingerprint density at radius 1 is 0.500 bits per heavy atom. The molecule has 2 aliphatic rings. The van der Waals surface area contributed by atoms with Crippen molar-refractivity contribution in [3.05, 3.63) is 0 Å². The van der Waals surface area contributed by atoms with Crippen LogP contribution in [0.2, 0.25) is 0 Å². The van der Waals surface area contributed by atoms with Crippen LogP contribution in [0.4, 0.5) is 0 Å². The van der Waals surface area contributed by atoms with Crippen LogP contribution in [-0.4, -0.2) is 0 Å². The Hall–Kier alpha value is 0. The van der Waals surface area contributed by atoms with Gasteiger partial charge in [0.2, 0.25) is 0 Å². The van der Waals surface area contributed by atoms with Gasteiger partial charge in [0.15, 0.2) is 0 Å². The van der Waals surface area contributed by atoms with Gasteiger partial charge in [-0.1, -0.05) is 83.1 Å². The van der Waals surface area contributed by atoms with Gasteiger partial charge in [-0.15, -0.1) is 0 Å². The summed E-state index contributed by atoms with van der Waals surface area (Å²) >= 11 is 0. The van der Waals surface area contributed by atoms with Crippen molar-refractivity contribution in [1.29, 1.82) is 0 Å². The molecular formula is C24H48. The number of rotatable bonds is 2. The normalized spacial score (nSPS) is 22.5. The summed E-state index contributed by atoms with van der Waals surface area (Å²) in [5.74, 6) is 0. The summed E-state index contributed by atoms with van der Waals surface area (Å²) in [6.45, 7) is 28.5. The molecule has 0 spiro atoms. The van der Waals surface area contributed by atoms with E-state index in [1.165, 1.54) is 38.5 Å². The van der Waals surface area contributed by atoms with Crippen LogP contribution < -0.4 is 0 Å². The highest BCUT2D eigenvalue weighted by molar-refractivity contribution is 5.08. The van der Waals surface area contributed by atoms with E-state index in [4.69, 9.17) is 0 Å². The molecule has 2 fully saturated rings. The van der Waals surface area contributed by atoms with Crippen LogP contribution in [-0.2, 0) is 0 Å². The minimum atomic E-state index is 0.491. The van der Waals surface area contributed by atoms with E-state index >= 15 is 0 Å². The summed E-state index contributed by atoms with van der Waals surface area (Å²) < 4.78 is 0. The first-order chi connectivity index (χ1) is 10.3. The molecular weight excluding hydrogens is 288 g/mol. The largest absolute Gasteiger partial charge is 0.0602 e. The van der Waals surface area contributed by atoms with Crippen LogP contribution in [0, 0.1) is 32.5 Å². The molecule has 0 aromatic heterocycles. The van der Waals surface area contributed by atoms with Crippen LogP contribution in [0.1, 0.15) is 122 Å². The molecule has 0 saturated heterocycles. The standard InChI is InChI=1S/C13H26.C11H22/c1-11(2,3)9-13(7-8-13)10-12(4,5)6;1-9(2,3)11(7-8-11)10(4,5)6/h7-10H2,1-6H3;7-8H2,1-6H3. The van der Waals surface area contributed by atoms with E-state index in [9.17, 15) is 0 Å². The molecule has 0 radical (unpaired) electrons. The Morgan fingerprint density at radius 3 is 0.875 bits per heavy atom. The molecule has 0 aliphatic heterocycles. The third-order valence-electron chi connectivity index (χ3n) is 6.39. The Balaban J connectivity index is 0.000000243. The highest BCUT2D eigenvalue weighted by Crippen LogP contribution is 2.67. The van der Waals surface area contributed by atoms with Crippen molar-refractivity contribution in [3.8, 4) is 0 Å². The summed E-state index contributed by atoms with van der Waals surface area (Å²) in [5, 5.41) is 0. The minimum Gasteiger partial charge on any atom is -0.0602 e. The SMILES string of the molecule is CC(C)(C)C1(C(C)(C)C)CC1.CC(C)(C)CC1(CC(C)(C)C)CC1. The molecule has 0 nitrogen and oxygen atoms in total. The molecule has 0 heteroatoms. The van der Waals surface area contributed by atoms with Crippen molar-refractivity contribution in [2.75, 3.05) is 0 Å². The van der Waals surface area contributed by atoms with E-state index in [0.29, 0.717) is 27.1 Å². The average molecular weight is 337 g/mol. The van der Waals surface area contributed by atoms with Gasteiger partial charge in [-0.2, -0.15) is 0 Å². The molecule has 0 bridgehead atoms. The fraction of sp³-hybridized carbons (Fsp3) is 1.00. The highest BCUT2D eigenvalue weighted by Gasteiger charge is 2.58. The van der Waals surface area contributed by atoms with Crippen molar-refractivity contribution in [1.82, 2.24) is 0 Å². The molecule has 2 rings (SSSR count). The second-order valence-corrected chi connectivity index (χ2v) is 13.6. The third-order valence-corrected chi connectivity index (χ3v) is 6.39. The molecule has 144 valence electrons. The lowest BCUT2D eigenvalue weighted by atomic mass is 9.63. The number of hydrogen-bond donors (Lipinski definition) is 0. The second-order valence-electron chi connectivity index (χ2n) is 13.6. The third kappa shape index (κ3) is 6.06. The number of hydrogen-bond acceptors (Lipinski definition) is 0. The smallest absolute Gasteiger partial charge is 0.0200 e. The van der Waals surface area contributed by atoms with Gasteiger partial charge in [-0.25, -0.2) is 0 Å². The lowest BCUT2D eigenvalue weighted by Crippen LogP contribution is -2.34. The predicted octanol–water partition coefficient (Wildman–Crippen LogP) is 8.50. The van der Waals surface area contributed by atoms with E-state index in [-0.39, 0.29) is 0 Å². The fourth-order valence-corrected chi connectivity index (χ4v) is 5.59. The van der Waals surface area contributed by atoms with E-state index in [1.807, 2.05) is 0 Å². The average Bonchev–Trinajstić information content (AvgIpc) is 3.03. The second kappa shape index (κ2) is 6.31. The topological polar surface area (TPSA) is 0 Å². The summed E-state index contributed by atoms with van der Waals surface area (Å²) in [5.41, 5.74) is 3.36.